The van der Waals surface area contributed by atoms with Gasteiger partial charge in [0.2, 0.25) is 0 Å². The highest BCUT2D eigenvalue weighted by Crippen LogP contribution is 2.19. The normalized spacial score (nSPS) is 29.1. The molecular formula is C21H40N4O2. The number of hydrogen-bond donors (Lipinski definition) is 1. The highest BCUT2D eigenvalue weighted by atomic mass is 16.5. The lowest BCUT2D eigenvalue weighted by atomic mass is 9.98. The van der Waals surface area contributed by atoms with Crippen LogP contribution in [0.5, 0.6) is 0 Å². The third-order valence-electron chi connectivity index (χ3n) is 6.34. The van der Waals surface area contributed by atoms with Crippen molar-refractivity contribution in [1.82, 2.24) is 15.1 Å². The molecule has 6 heteroatoms. The summed E-state index contributed by atoms with van der Waals surface area (Å²) in [5.74, 6) is 1.81. The van der Waals surface area contributed by atoms with Crippen LogP contribution in [0.3, 0.4) is 0 Å². The summed E-state index contributed by atoms with van der Waals surface area (Å²) in [4.78, 5) is 9.50. The molecule has 3 saturated heterocycles. The maximum atomic E-state index is 6.15. The zero-order valence-electron chi connectivity index (χ0n) is 17.5. The Morgan fingerprint density at radius 2 is 1.96 bits per heavy atom. The molecule has 3 heterocycles. The first kappa shape index (κ1) is 20.9. The van der Waals surface area contributed by atoms with Gasteiger partial charge in [-0.25, -0.2) is 0 Å². The molecule has 1 N–H and O–H groups in total. The molecule has 0 aromatic rings. The molecule has 0 spiro atoms. The predicted octanol–water partition coefficient (Wildman–Crippen LogP) is 2.34. The first-order valence-corrected chi connectivity index (χ1v) is 11.2. The number of nitrogens with zero attached hydrogens (tertiary/aromatic N) is 3. The number of piperidine rings is 2. The van der Waals surface area contributed by atoms with Crippen LogP contribution in [0, 0.1) is 5.92 Å². The SMILES string of the molecule is CCN1CCCC(CNC(=NC)N2CCC(OCC3CCCCO3)CC2)C1. The van der Waals surface area contributed by atoms with E-state index in [4.69, 9.17) is 9.47 Å². The Balaban J connectivity index is 1.34. The second-order valence-electron chi connectivity index (χ2n) is 8.34. The monoisotopic (exact) mass is 380 g/mol. The van der Waals surface area contributed by atoms with E-state index in [1.807, 2.05) is 7.05 Å². The van der Waals surface area contributed by atoms with E-state index in [1.165, 1.54) is 45.3 Å². The van der Waals surface area contributed by atoms with E-state index < -0.39 is 0 Å². The van der Waals surface area contributed by atoms with Crippen molar-refractivity contribution in [2.24, 2.45) is 10.9 Å². The van der Waals surface area contributed by atoms with E-state index in [0.717, 1.165) is 64.0 Å². The van der Waals surface area contributed by atoms with Gasteiger partial charge in [-0.15, -0.1) is 0 Å². The smallest absolute Gasteiger partial charge is 0.193 e. The average molecular weight is 381 g/mol. The molecule has 0 aromatic carbocycles. The van der Waals surface area contributed by atoms with Crippen molar-refractivity contribution in [2.75, 3.05) is 59.5 Å². The number of hydrogen-bond acceptors (Lipinski definition) is 4. The number of rotatable bonds is 6. The minimum absolute atomic E-state index is 0.324. The molecule has 2 atom stereocenters. The minimum atomic E-state index is 0.324. The molecule has 0 amide bonds. The second-order valence-corrected chi connectivity index (χ2v) is 8.34. The topological polar surface area (TPSA) is 49.3 Å². The van der Waals surface area contributed by atoms with Crippen LogP contribution >= 0.6 is 0 Å². The number of guanidine groups is 1. The number of likely N-dealkylation sites (tertiary alicyclic amines) is 2. The van der Waals surface area contributed by atoms with E-state index in [1.54, 1.807) is 0 Å². The number of aliphatic imine (C=N–C) groups is 1. The van der Waals surface area contributed by atoms with Gasteiger partial charge in [0.1, 0.15) is 0 Å². The Kier molecular flexibility index (Phi) is 8.68. The molecule has 3 aliphatic heterocycles. The molecule has 3 aliphatic rings. The summed E-state index contributed by atoms with van der Waals surface area (Å²) in [5, 5.41) is 3.64. The van der Waals surface area contributed by atoms with Crippen LogP contribution < -0.4 is 5.32 Å². The highest BCUT2D eigenvalue weighted by molar-refractivity contribution is 5.79. The zero-order chi connectivity index (χ0) is 18.9. The molecule has 156 valence electrons. The summed E-state index contributed by atoms with van der Waals surface area (Å²) in [6, 6.07) is 0. The molecule has 0 saturated carbocycles. The average Bonchev–Trinajstić information content (AvgIpc) is 2.74. The van der Waals surface area contributed by atoms with Crippen LogP contribution in [0.25, 0.3) is 0 Å². The minimum Gasteiger partial charge on any atom is -0.376 e. The Hall–Kier alpha value is -0.850. The highest BCUT2D eigenvalue weighted by Gasteiger charge is 2.25. The van der Waals surface area contributed by atoms with E-state index in [2.05, 4.69) is 27.0 Å². The predicted molar refractivity (Wildman–Crippen MR) is 110 cm³/mol. The van der Waals surface area contributed by atoms with Gasteiger partial charge in [-0.1, -0.05) is 6.92 Å². The molecule has 3 rings (SSSR count). The molecule has 27 heavy (non-hydrogen) atoms. The fourth-order valence-electron chi connectivity index (χ4n) is 4.59. The number of nitrogens with one attached hydrogen (secondary N) is 1. The van der Waals surface area contributed by atoms with Gasteiger partial charge < -0.3 is 24.6 Å². The van der Waals surface area contributed by atoms with Crippen LogP contribution in [-0.4, -0.2) is 87.5 Å². The van der Waals surface area contributed by atoms with Crippen molar-refractivity contribution < 1.29 is 9.47 Å². The zero-order valence-corrected chi connectivity index (χ0v) is 17.5. The summed E-state index contributed by atoms with van der Waals surface area (Å²) in [6.45, 7) is 10.7. The van der Waals surface area contributed by atoms with E-state index >= 15 is 0 Å². The Bertz CT molecular complexity index is 445. The molecule has 0 radical (unpaired) electrons. The van der Waals surface area contributed by atoms with Crippen LogP contribution in [0.4, 0.5) is 0 Å². The van der Waals surface area contributed by atoms with E-state index in [9.17, 15) is 0 Å². The first-order valence-electron chi connectivity index (χ1n) is 11.2. The van der Waals surface area contributed by atoms with Crippen molar-refractivity contribution in [3.05, 3.63) is 0 Å². The molecule has 0 bridgehead atoms. The van der Waals surface area contributed by atoms with Crippen molar-refractivity contribution in [3.8, 4) is 0 Å². The molecular weight excluding hydrogens is 340 g/mol. The molecule has 2 unspecified atom stereocenters. The van der Waals surface area contributed by atoms with Crippen molar-refractivity contribution >= 4 is 5.96 Å². The van der Waals surface area contributed by atoms with Gasteiger partial charge in [-0.3, -0.25) is 4.99 Å². The summed E-state index contributed by atoms with van der Waals surface area (Å²) < 4.78 is 11.9. The summed E-state index contributed by atoms with van der Waals surface area (Å²) in [5.41, 5.74) is 0. The summed E-state index contributed by atoms with van der Waals surface area (Å²) in [7, 11) is 1.91. The fraction of sp³-hybridized carbons (Fsp3) is 0.952. The van der Waals surface area contributed by atoms with Gasteiger partial charge >= 0.3 is 0 Å². The van der Waals surface area contributed by atoms with Gasteiger partial charge in [0.05, 0.1) is 18.8 Å². The fourth-order valence-corrected chi connectivity index (χ4v) is 4.59. The Labute approximate surface area is 165 Å². The lowest BCUT2D eigenvalue weighted by Gasteiger charge is -2.36. The van der Waals surface area contributed by atoms with Crippen molar-refractivity contribution in [3.63, 3.8) is 0 Å². The van der Waals surface area contributed by atoms with Gasteiger partial charge in [0.25, 0.3) is 0 Å². The van der Waals surface area contributed by atoms with Crippen LogP contribution in [0.1, 0.15) is 51.9 Å². The summed E-state index contributed by atoms with van der Waals surface area (Å²) >= 11 is 0. The quantitative estimate of drug-likeness (QED) is 0.566. The van der Waals surface area contributed by atoms with Gasteiger partial charge in [0.15, 0.2) is 5.96 Å². The Morgan fingerprint density at radius 3 is 2.67 bits per heavy atom. The van der Waals surface area contributed by atoms with Crippen LogP contribution in [0.2, 0.25) is 0 Å². The molecule has 3 fully saturated rings. The summed E-state index contributed by atoms with van der Waals surface area (Å²) in [6.07, 6.45) is 9.17. The standard InChI is InChI=1S/C21H40N4O2/c1-3-24-11-6-7-18(16-24)15-23-21(22-2)25-12-9-19(10-13-25)27-17-20-8-4-5-14-26-20/h18-20H,3-17H2,1-2H3,(H,22,23). The van der Waals surface area contributed by atoms with Crippen molar-refractivity contribution in [1.29, 1.82) is 0 Å². The van der Waals surface area contributed by atoms with Crippen molar-refractivity contribution in [2.45, 2.75) is 64.1 Å². The van der Waals surface area contributed by atoms with Gasteiger partial charge in [-0.2, -0.15) is 0 Å². The number of ether oxygens (including phenoxy) is 2. The molecule has 6 nitrogen and oxygen atoms in total. The van der Waals surface area contributed by atoms with Gasteiger partial charge in [-0.05, 0) is 64.0 Å². The third kappa shape index (κ3) is 6.61. The molecule has 0 aliphatic carbocycles. The largest absolute Gasteiger partial charge is 0.376 e. The molecule has 0 aromatic heterocycles. The van der Waals surface area contributed by atoms with Gasteiger partial charge in [0, 0.05) is 39.8 Å². The third-order valence-corrected chi connectivity index (χ3v) is 6.34. The van der Waals surface area contributed by atoms with E-state index in [0.29, 0.717) is 12.2 Å². The first-order chi connectivity index (χ1) is 13.3. The maximum Gasteiger partial charge on any atom is 0.193 e. The van der Waals surface area contributed by atoms with Crippen LogP contribution in [0.15, 0.2) is 4.99 Å². The second kappa shape index (κ2) is 11.2. The van der Waals surface area contributed by atoms with E-state index in [-0.39, 0.29) is 0 Å². The van der Waals surface area contributed by atoms with Crippen LogP contribution in [-0.2, 0) is 9.47 Å². The lowest BCUT2D eigenvalue weighted by Crippen LogP contribution is -2.49. The maximum absolute atomic E-state index is 6.15. The lowest BCUT2D eigenvalue weighted by molar-refractivity contribution is -0.0721. The Morgan fingerprint density at radius 1 is 1.11 bits per heavy atom.